The zero-order valence-corrected chi connectivity index (χ0v) is 7.00. The average Bonchev–Trinajstić information content (AvgIpc) is 1.91. The second-order valence-electron chi connectivity index (χ2n) is 1.55. The van der Waals surface area contributed by atoms with Gasteiger partial charge in [0, 0.05) is 14.2 Å². The van der Waals surface area contributed by atoms with Crippen molar-refractivity contribution in [2.24, 2.45) is 0 Å². The van der Waals surface area contributed by atoms with Gasteiger partial charge in [0.2, 0.25) is 0 Å². The van der Waals surface area contributed by atoms with E-state index in [0.29, 0.717) is 0 Å². The summed E-state index contributed by atoms with van der Waals surface area (Å²) in [6, 6.07) is 0. The fourth-order valence-corrected chi connectivity index (χ4v) is 0.254. The van der Waals surface area contributed by atoms with Gasteiger partial charge in [0.05, 0.1) is 0 Å². The highest BCUT2D eigenvalue weighted by molar-refractivity contribution is 5.07. The SMILES string of the molecule is C=C/C=C\C=C/C.COC. The highest BCUT2D eigenvalue weighted by Crippen LogP contribution is 1.74. The monoisotopic (exact) mass is 140 g/mol. The summed E-state index contributed by atoms with van der Waals surface area (Å²) < 4.78 is 4.25. The second kappa shape index (κ2) is 15.7. The summed E-state index contributed by atoms with van der Waals surface area (Å²) in [5, 5.41) is 0. The molecule has 0 atom stereocenters. The molecule has 0 aliphatic heterocycles. The van der Waals surface area contributed by atoms with E-state index in [9.17, 15) is 0 Å². The number of hydrogen-bond donors (Lipinski definition) is 0. The summed E-state index contributed by atoms with van der Waals surface area (Å²) in [7, 11) is 3.25. The number of hydrogen-bond acceptors (Lipinski definition) is 1. The van der Waals surface area contributed by atoms with Crippen LogP contribution >= 0.6 is 0 Å². The first-order valence-corrected chi connectivity index (χ1v) is 3.14. The third-order valence-electron chi connectivity index (χ3n) is 0.551. The molecule has 0 unspecified atom stereocenters. The quantitative estimate of drug-likeness (QED) is 0.536. The van der Waals surface area contributed by atoms with Gasteiger partial charge in [-0.3, -0.25) is 0 Å². The van der Waals surface area contributed by atoms with Crippen LogP contribution in [0.4, 0.5) is 0 Å². The van der Waals surface area contributed by atoms with Crippen molar-refractivity contribution in [3.63, 3.8) is 0 Å². The minimum absolute atomic E-state index is 1.62. The molecule has 1 nitrogen and oxygen atoms in total. The number of allylic oxidation sites excluding steroid dienone is 5. The van der Waals surface area contributed by atoms with Crippen LogP contribution in [0, 0.1) is 0 Å². The summed E-state index contributed by atoms with van der Waals surface area (Å²) in [4.78, 5) is 0. The molecule has 0 aromatic heterocycles. The van der Waals surface area contributed by atoms with Gasteiger partial charge in [-0.25, -0.2) is 0 Å². The molecule has 0 spiro atoms. The maximum Gasteiger partial charge on any atom is 0.0351 e. The first-order chi connectivity index (χ1) is 4.83. The predicted octanol–water partition coefficient (Wildman–Crippen LogP) is 2.57. The van der Waals surface area contributed by atoms with Crippen molar-refractivity contribution < 1.29 is 4.74 Å². The van der Waals surface area contributed by atoms with Crippen LogP contribution in [-0.2, 0) is 4.74 Å². The van der Waals surface area contributed by atoms with Gasteiger partial charge in [0.15, 0.2) is 0 Å². The Morgan fingerprint density at radius 1 is 1.10 bits per heavy atom. The van der Waals surface area contributed by atoms with Gasteiger partial charge in [-0.15, -0.1) is 0 Å². The maximum absolute atomic E-state index is 4.25. The van der Waals surface area contributed by atoms with Crippen LogP contribution in [0.15, 0.2) is 37.0 Å². The van der Waals surface area contributed by atoms with Gasteiger partial charge in [-0.2, -0.15) is 0 Å². The molecule has 0 rings (SSSR count). The normalized spacial score (nSPS) is 9.50. The van der Waals surface area contributed by atoms with Gasteiger partial charge < -0.3 is 4.74 Å². The molecule has 0 N–H and O–H groups in total. The van der Waals surface area contributed by atoms with E-state index in [2.05, 4.69) is 11.3 Å². The van der Waals surface area contributed by atoms with E-state index in [0.717, 1.165) is 0 Å². The van der Waals surface area contributed by atoms with Crippen LogP contribution < -0.4 is 0 Å². The molecule has 0 aromatic rings. The molecule has 0 aromatic carbocycles. The lowest BCUT2D eigenvalue weighted by atomic mass is 10.4. The molecule has 0 fully saturated rings. The van der Waals surface area contributed by atoms with Gasteiger partial charge in [0.25, 0.3) is 0 Å². The lowest BCUT2D eigenvalue weighted by molar-refractivity contribution is 0.277. The van der Waals surface area contributed by atoms with E-state index in [4.69, 9.17) is 0 Å². The van der Waals surface area contributed by atoms with Gasteiger partial charge in [-0.1, -0.05) is 37.0 Å². The number of rotatable bonds is 2. The fourth-order valence-electron chi connectivity index (χ4n) is 0.254. The summed E-state index contributed by atoms with van der Waals surface area (Å²) in [5.41, 5.74) is 0. The molecule has 0 saturated heterocycles. The van der Waals surface area contributed by atoms with Crippen molar-refractivity contribution in [1.82, 2.24) is 0 Å². The lowest BCUT2D eigenvalue weighted by Gasteiger charge is -1.65. The minimum atomic E-state index is 1.62. The Bertz CT molecular complexity index is 101. The second-order valence-corrected chi connectivity index (χ2v) is 1.55. The summed E-state index contributed by atoms with van der Waals surface area (Å²) in [6.45, 7) is 5.49. The van der Waals surface area contributed by atoms with Crippen molar-refractivity contribution in [2.45, 2.75) is 6.92 Å². The maximum atomic E-state index is 4.25. The van der Waals surface area contributed by atoms with Crippen molar-refractivity contribution in [1.29, 1.82) is 0 Å². The van der Waals surface area contributed by atoms with Crippen LogP contribution in [-0.4, -0.2) is 14.2 Å². The molecule has 10 heavy (non-hydrogen) atoms. The molecule has 0 amide bonds. The molecule has 0 bridgehead atoms. The number of ether oxygens (including phenoxy) is 1. The highest BCUT2D eigenvalue weighted by atomic mass is 16.4. The van der Waals surface area contributed by atoms with Crippen LogP contribution in [0.25, 0.3) is 0 Å². The first kappa shape index (κ1) is 11.9. The van der Waals surface area contributed by atoms with Crippen molar-refractivity contribution >= 4 is 0 Å². The first-order valence-electron chi connectivity index (χ1n) is 3.14. The van der Waals surface area contributed by atoms with Crippen molar-refractivity contribution in [3.8, 4) is 0 Å². The van der Waals surface area contributed by atoms with E-state index < -0.39 is 0 Å². The topological polar surface area (TPSA) is 9.23 Å². The third-order valence-corrected chi connectivity index (χ3v) is 0.551. The summed E-state index contributed by atoms with van der Waals surface area (Å²) in [6.07, 6.45) is 9.51. The molecule has 0 aliphatic rings. The summed E-state index contributed by atoms with van der Waals surface area (Å²) in [5.74, 6) is 0. The molecule has 1 heteroatoms. The van der Waals surface area contributed by atoms with Crippen LogP contribution in [0.1, 0.15) is 6.92 Å². The Kier molecular flexibility index (Phi) is 18.7. The zero-order chi connectivity index (χ0) is 8.24. The molecule has 58 valence electrons. The van der Waals surface area contributed by atoms with Crippen LogP contribution in [0.2, 0.25) is 0 Å². The van der Waals surface area contributed by atoms with E-state index in [1.54, 1.807) is 20.3 Å². The van der Waals surface area contributed by atoms with E-state index in [1.165, 1.54) is 0 Å². The van der Waals surface area contributed by atoms with Gasteiger partial charge in [0.1, 0.15) is 0 Å². The lowest BCUT2D eigenvalue weighted by Crippen LogP contribution is -1.55. The standard InChI is InChI=1S/C7H10.C2H6O/c1-3-5-7-6-4-2;1-3-2/h3-7H,1H2,2H3;1-2H3/b6-4-,7-5-;. The Labute approximate surface area is 63.7 Å². The van der Waals surface area contributed by atoms with E-state index in [1.807, 2.05) is 31.2 Å². The van der Waals surface area contributed by atoms with Crippen LogP contribution in [0.3, 0.4) is 0 Å². The van der Waals surface area contributed by atoms with E-state index >= 15 is 0 Å². The fraction of sp³-hybridized carbons (Fsp3) is 0.333. The Morgan fingerprint density at radius 3 is 1.90 bits per heavy atom. The van der Waals surface area contributed by atoms with Gasteiger partial charge >= 0.3 is 0 Å². The molecule has 0 aliphatic carbocycles. The van der Waals surface area contributed by atoms with E-state index in [-0.39, 0.29) is 0 Å². The molecule has 0 heterocycles. The number of methoxy groups -OCH3 is 1. The van der Waals surface area contributed by atoms with Gasteiger partial charge in [-0.05, 0) is 6.92 Å². The molecular formula is C9H16O. The molecule has 0 radical (unpaired) electrons. The summed E-state index contributed by atoms with van der Waals surface area (Å²) >= 11 is 0. The largest absolute Gasteiger partial charge is 0.388 e. The average molecular weight is 140 g/mol. The highest BCUT2D eigenvalue weighted by Gasteiger charge is 1.52. The predicted molar refractivity (Wildman–Crippen MR) is 47.1 cm³/mol. The van der Waals surface area contributed by atoms with Crippen molar-refractivity contribution in [2.75, 3.05) is 14.2 Å². The minimum Gasteiger partial charge on any atom is -0.388 e. The van der Waals surface area contributed by atoms with Crippen molar-refractivity contribution in [3.05, 3.63) is 37.0 Å². The third kappa shape index (κ3) is 27.1. The smallest absolute Gasteiger partial charge is 0.0351 e. The Hall–Kier alpha value is -0.820. The Morgan fingerprint density at radius 2 is 1.60 bits per heavy atom. The Balaban J connectivity index is 0. The zero-order valence-electron chi connectivity index (χ0n) is 7.00. The molecule has 0 saturated carbocycles. The molecular weight excluding hydrogens is 124 g/mol. The van der Waals surface area contributed by atoms with Crippen LogP contribution in [0.5, 0.6) is 0 Å².